The van der Waals surface area contributed by atoms with E-state index >= 15 is 0 Å². The maximum Gasteiger partial charge on any atom is 0.173 e. The number of carbonyl (C=O) groups is 1. The van der Waals surface area contributed by atoms with Crippen LogP contribution in [0.5, 0.6) is 23.0 Å². The number of carbonyl (C=O) groups excluding carboxylic acids is 1. The SMILES string of the molecule is CCC(=O)c1cccc(F)c1Oc1ccnc2cc(OC)c(OC)cc12. The Balaban J connectivity index is 2.15. The zero-order valence-corrected chi connectivity index (χ0v) is 14.7. The highest BCUT2D eigenvalue weighted by Gasteiger charge is 2.18. The van der Waals surface area contributed by atoms with Crippen molar-refractivity contribution in [1.82, 2.24) is 4.98 Å². The Kier molecular flexibility index (Phi) is 5.02. The third kappa shape index (κ3) is 3.18. The topological polar surface area (TPSA) is 57.7 Å². The predicted molar refractivity (Wildman–Crippen MR) is 95.9 cm³/mol. The summed E-state index contributed by atoms with van der Waals surface area (Å²) in [6, 6.07) is 9.33. The second-order valence-corrected chi connectivity index (χ2v) is 5.53. The molecule has 0 amide bonds. The predicted octanol–water partition coefficient (Wildman–Crippen LogP) is 4.78. The molecule has 1 aromatic heterocycles. The van der Waals surface area contributed by atoms with Crippen LogP contribution in [0.4, 0.5) is 4.39 Å². The standard InChI is InChI=1S/C20H18FNO4/c1-4-16(23)12-6-5-7-14(21)20(12)26-17-8-9-22-15-11-19(25-3)18(24-2)10-13(15)17/h5-11H,4H2,1-3H3. The maximum atomic E-state index is 14.4. The molecule has 2 aromatic carbocycles. The second kappa shape index (κ2) is 7.39. The average Bonchev–Trinajstić information content (AvgIpc) is 2.67. The van der Waals surface area contributed by atoms with E-state index in [4.69, 9.17) is 14.2 Å². The summed E-state index contributed by atoms with van der Waals surface area (Å²) < 4.78 is 30.8. The van der Waals surface area contributed by atoms with Crippen molar-refractivity contribution in [2.24, 2.45) is 0 Å². The molecule has 0 aliphatic carbocycles. The van der Waals surface area contributed by atoms with Crippen LogP contribution in [0, 0.1) is 5.82 Å². The Morgan fingerprint density at radius 3 is 2.50 bits per heavy atom. The van der Waals surface area contributed by atoms with Gasteiger partial charge in [0.1, 0.15) is 5.75 Å². The molecule has 134 valence electrons. The van der Waals surface area contributed by atoms with Crippen molar-refractivity contribution in [2.45, 2.75) is 13.3 Å². The lowest BCUT2D eigenvalue weighted by Crippen LogP contribution is -2.02. The zero-order valence-electron chi connectivity index (χ0n) is 14.7. The van der Waals surface area contributed by atoms with Crippen LogP contribution in [0.2, 0.25) is 0 Å². The van der Waals surface area contributed by atoms with Gasteiger partial charge in [0.2, 0.25) is 0 Å². The number of nitrogens with zero attached hydrogens (tertiary/aromatic N) is 1. The molecule has 0 saturated carbocycles. The van der Waals surface area contributed by atoms with Crippen LogP contribution in [0.15, 0.2) is 42.6 Å². The van der Waals surface area contributed by atoms with Gasteiger partial charge in [-0.15, -0.1) is 0 Å². The van der Waals surface area contributed by atoms with Crippen molar-refractivity contribution < 1.29 is 23.4 Å². The number of aromatic nitrogens is 1. The summed E-state index contributed by atoms with van der Waals surface area (Å²) in [6.07, 6.45) is 1.80. The van der Waals surface area contributed by atoms with Gasteiger partial charge in [-0.1, -0.05) is 13.0 Å². The van der Waals surface area contributed by atoms with E-state index in [-0.39, 0.29) is 23.5 Å². The highest BCUT2D eigenvalue weighted by Crippen LogP contribution is 2.38. The third-order valence-electron chi connectivity index (χ3n) is 4.01. The first-order valence-corrected chi connectivity index (χ1v) is 8.09. The number of methoxy groups -OCH3 is 2. The second-order valence-electron chi connectivity index (χ2n) is 5.53. The third-order valence-corrected chi connectivity index (χ3v) is 4.01. The van der Waals surface area contributed by atoms with Crippen LogP contribution in [0.3, 0.4) is 0 Å². The number of rotatable bonds is 6. The summed E-state index contributed by atoms with van der Waals surface area (Å²) in [5.74, 6) is 0.494. The summed E-state index contributed by atoms with van der Waals surface area (Å²) in [7, 11) is 3.06. The fourth-order valence-corrected chi connectivity index (χ4v) is 2.67. The Morgan fingerprint density at radius 1 is 1.08 bits per heavy atom. The van der Waals surface area contributed by atoms with E-state index in [9.17, 15) is 9.18 Å². The molecular weight excluding hydrogens is 337 g/mol. The molecule has 3 rings (SSSR count). The van der Waals surface area contributed by atoms with Crippen molar-refractivity contribution in [2.75, 3.05) is 14.2 Å². The Hall–Kier alpha value is -3.15. The monoisotopic (exact) mass is 355 g/mol. The van der Waals surface area contributed by atoms with E-state index in [1.807, 2.05) is 0 Å². The van der Waals surface area contributed by atoms with Gasteiger partial charge < -0.3 is 14.2 Å². The van der Waals surface area contributed by atoms with Gasteiger partial charge in [-0.3, -0.25) is 9.78 Å². The molecule has 0 radical (unpaired) electrons. The van der Waals surface area contributed by atoms with Gasteiger partial charge in [0.25, 0.3) is 0 Å². The molecule has 0 atom stereocenters. The molecule has 0 bridgehead atoms. The number of ketones is 1. The summed E-state index contributed by atoms with van der Waals surface area (Å²) in [5.41, 5.74) is 0.804. The number of hydrogen-bond donors (Lipinski definition) is 0. The summed E-state index contributed by atoms with van der Waals surface area (Å²) >= 11 is 0. The number of pyridine rings is 1. The van der Waals surface area contributed by atoms with Crippen molar-refractivity contribution >= 4 is 16.7 Å². The van der Waals surface area contributed by atoms with E-state index in [1.165, 1.54) is 26.4 Å². The first kappa shape index (κ1) is 17.7. The van der Waals surface area contributed by atoms with Gasteiger partial charge in [0.15, 0.2) is 28.8 Å². The first-order valence-electron chi connectivity index (χ1n) is 8.09. The molecule has 0 saturated heterocycles. The fourth-order valence-electron chi connectivity index (χ4n) is 2.67. The Bertz CT molecular complexity index is 971. The van der Waals surface area contributed by atoms with E-state index in [2.05, 4.69) is 4.98 Å². The van der Waals surface area contributed by atoms with Gasteiger partial charge in [0.05, 0.1) is 25.3 Å². The average molecular weight is 355 g/mol. The van der Waals surface area contributed by atoms with E-state index in [0.717, 1.165) is 0 Å². The number of Topliss-reactive ketones (excluding diaryl/α,β-unsaturated/α-hetero) is 1. The molecule has 0 N–H and O–H groups in total. The van der Waals surface area contributed by atoms with Gasteiger partial charge in [-0.2, -0.15) is 0 Å². The van der Waals surface area contributed by atoms with E-state index in [0.29, 0.717) is 28.2 Å². The maximum absolute atomic E-state index is 14.4. The van der Waals surface area contributed by atoms with Crippen molar-refractivity contribution in [1.29, 1.82) is 0 Å². The molecule has 0 aliphatic heterocycles. The zero-order chi connectivity index (χ0) is 18.7. The van der Waals surface area contributed by atoms with Gasteiger partial charge in [0, 0.05) is 24.1 Å². The first-order chi connectivity index (χ1) is 12.6. The highest BCUT2D eigenvalue weighted by molar-refractivity contribution is 5.99. The minimum atomic E-state index is -0.602. The van der Waals surface area contributed by atoms with Crippen molar-refractivity contribution in [3.63, 3.8) is 0 Å². The molecule has 3 aromatic rings. The number of para-hydroxylation sites is 1. The van der Waals surface area contributed by atoms with Gasteiger partial charge >= 0.3 is 0 Å². The molecule has 0 fully saturated rings. The molecule has 26 heavy (non-hydrogen) atoms. The Labute approximate surface area is 150 Å². The lowest BCUT2D eigenvalue weighted by molar-refractivity contribution is 0.0985. The van der Waals surface area contributed by atoms with Crippen molar-refractivity contribution in [3.8, 4) is 23.0 Å². The smallest absolute Gasteiger partial charge is 0.173 e. The van der Waals surface area contributed by atoms with Crippen LogP contribution >= 0.6 is 0 Å². The molecule has 5 nitrogen and oxygen atoms in total. The quantitative estimate of drug-likeness (QED) is 0.596. The lowest BCUT2D eigenvalue weighted by Gasteiger charge is -2.14. The minimum Gasteiger partial charge on any atom is -0.493 e. The Morgan fingerprint density at radius 2 is 1.81 bits per heavy atom. The molecule has 6 heteroatoms. The minimum absolute atomic E-state index is 0.0957. The highest BCUT2D eigenvalue weighted by atomic mass is 19.1. The van der Waals surface area contributed by atoms with E-state index < -0.39 is 5.82 Å². The molecule has 0 unspecified atom stereocenters. The number of benzene rings is 2. The largest absolute Gasteiger partial charge is 0.493 e. The van der Waals surface area contributed by atoms with Gasteiger partial charge in [-0.25, -0.2) is 4.39 Å². The number of hydrogen-bond acceptors (Lipinski definition) is 5. The summed E-state index contributed by atoms with van der Waals surface area (Å²) in [5, 5.41) is 0.614. The van der Waals surface area contributed by atoms with Crippen LogP contribution < -0.4 is 14.2 Å². The summed E-state index contributed by atoms with van der Waals surface area (Å²) in [4.78, 5) is 16.4. The number of halogens is 1. The molecular formula is C20H18FNO4. The summed E-state index contributed by atoms with van der Waals surface area (Å²) in [6.45, 7) is 1.72. The number of fused-ring (bicyclic) bond motifs is 1. The van der Waals surface area contributed by atoms with E-state index in [1.54, 1.807) is 37.4 Å². The van der Waals surface area contributed by atoms with Crippen LogP contribution in [0.25, 0.3) is 10.9 Å². The molecule has 1 heterocycles. The normalized spacial score (nSPS) is 10.6. The fraction of sp³-hybridized carbons (Fsp3) is 0.200. The molecule has 0 spiro atoms. The molecule has 0 aliphatic rings. The van der Waals surface area contributed by atoms with Crippen LogP contribution in [-0.4, -0.2) is 25.0 Å². The van der Waals surface area contributed by atoms with Gasteiger partial charge in [-0.05, 0) is 24.3 Å². The van der Waals surface area contributed by atoms with Crippen molar-refractivity contribution in [3.05, 3.63) is 54.0 Å². The lowest BCUT2D eigenvalue weighted by atomic mass is 10.1. The number of ether oxygens (including phenoxy) is 3. The van der Waals surface area contributed by atoms with Crippen LogP contribution in [-0.2, 0) is 0 Å². The van der Waals surface area contributed by atoms with Crippen LogP contribution in [0.1, 0.15) is 23.7 Å².